The first kappa shape index (κ1) is 15.6. The van der Waals surface area contributed by atoms with Gasteiger partial charge in [-0.15, -0.1) is 0 Å². The molecule has 3 nitrogen and oxygen atoms in total. The average Bonchev–Trinajstić information content (AvgIpc) is 2.43. The molecule has 108 valence electrons. The molecule has 0 aliphatic carbocycles. The monoisotopic (exact) mass is 366 g/mol. The first-order chi connectivity index (χ1) is 9.95. The molecule has 0 aromatic heterocycles. The molecule has 0 radical (unpaired) electrons. The Hall–Kier alpha value is -1.78. The van der Waals surface area contributed by atoms with E-state index in [0.29, 0.717) is 16.5 Å². The van der Waals surface area contributed by atoms with Gasteiger partial charge in [0, 0.05) is 10.5 Å². The summed E-state index contributed by atoms with van der Waals surface area (Å²) in [6, 6.07) is 10.8. The lowest BCUT2D eigenvalue weighted by molar-refractivity contribution is -0.131. The van der Waals surface area contributed by atoms with Crippen LogP contribution in [0, 0.1) is 6.92 Å². The van der Waals surface area contributed by atoms with Gasteiger partial charge in [-0.1, -0.05) is 39.7 Å². The number of benzene rings is 2. The van der Waals surface area contributed by atoms with Crippen LogP contribution < -0.4 is 4.74 Å². The summed E-state index contributed by atoms with van der Waals surface area (Å²) < 4.78 is 6.69. The van der Waals surface area contributed by atoms with Gasteiger partial charge in [-0.05, 0) is 48.4 Å². The van der Waals surface area contributed by atoms with Crippen LogP contribution in [0.5, 0.6) is 11.5 Å². The van der Waals surface area contributed by atoms with Crippen molar-refractivity contribution in [3.05, 3.63) is 63.1 Å². The molecule has 0 bridgehead atoms. The van der Waals surface area contributed by atoms with Gasteiger partial charge in [0.15, 0.2) is 0 Å². The Morgan fingerprint density at radius 3 is 2.71 bits per heavy atom. The molecule has 0 spiro atoms. The lowest BCUT2D eigenvalue weighted by atomic mass is 10.1. The van der Waals surface area contributed by atoms with Crippen molar-refractivity contribution >= 4 is 39.6 Å². The van der Waals surface area contributed by atoms with E-state index < -0.39 is 5.97 Å². The van der Waals surface area contributed by atoms with Crippen molar-refractivity contribution in [3.8, 4) is 11.5 Å². The second-order valence-electron chi connectivity index (χ2n) is 4.37. The Bertz CT molecular complexity index is 711. The van der Waals surface area contributed by atoms with Crippen LogP contribution in [-0.4, -0.2) is 11.1 Å². The van der Waals surface area contributed by atoms with Crippen molar-refractivity contribution in [2.45, 2.75) is 6.92 Å². The van der Waals surface area contributed by atoms with E-state index in [-0.39, 0.29) is 0 Å². The van der Waals surface area contributed by atoms with Gasteiger partial charge in [-0.3, -0.25) is 0 Å². The van der Waals surface area contributed by atoms with E-state index in [4.69, 9.17) is 21.4 Å². The minimum Gasteiger partial charge on any atom is -0.478 e. The summed E-state index contributed by atoms with van der Waals surface area (Å²) in [6.07, 6.45) is 2.59. The average molecular weight is 368 g/mol. The summed E-state index contributed by atoms with van der Waals surface area (Å²) in [7, 11) is 0. The van der Waals surface area contributed by atoms with E-state index in [1.54, 1.807) is 18.2 Å². The van der Waals surface area contributed by atoms with Crippen molar-refractivity contribution in [2.24, 2.45) is 0 Å². The zero-order valence-electron chi connectivity index (χ0n) is 11.1. The first-order valence-electron chi connectivity index (χ1n) is 6.10. The standard InChI is InChI=1S/C16H12BrClO3/c1-10-2-3-11(4-7-16(19)20)8-14(10)21-15-9-12(17)5-6-13(15)18/h2-9H,1H3,(H,19,20)/b7-4+. The highest BCUT2D eigenvalue weighted by atomic mass is 79.9. The summed E-state index contributed by atoms with van der Waals surface area (Å²) >= 11 is 9.47. The maximum atomic E-state index is 10.6. The maximum Gasteiger partial charge on any atom is 0.328 e. The number of halogens is 2. The molecule has 1 N–H and O–H groups in total. The van der Waals surface area contributed by atoms with Gasteiger partial charge in [0.25, 0.3) is 0 Å². The molecule has 0 amide bonds. The summed E-state index contributed by atoms with van der Waals surface area (Å²) in [4.78, 5) is 10.6. The van der Waals surface area contributed by atoms with E-state index in [2.05, 4.69) is 15.9 Å². The molecule has 0 aliphatic heterocycles. The third-order valence-corrected chi connectivity index (χ3v) is 3.55. The Labute approximate surface area is 135 Å². The molecular formula is C16H12BrClO3. The van der Waals surface area contributed by atoms with Gasteiger partial charge in [0.1, 0.15) is 11.5 Å². The van der Waals surface area contributed by atoms with Gasteiger partial charge >= 0.3 is 5.97 Å². The smallest absolute Gasteiger partial charge is 0.328 e. The van der Waals surface area contributed by atoms with Crippen LogP contribution in [0.25, 0.3) is 6.08 Å². The predicted octanol–water partition coefficient (Wildman–Crippen LogP) is 5.30. The van der Waals surface area contributed by atoms with Gasteiger partial charge in [-0.25, -0.2) is 4.79 Å². The maximum absolute atomic E-state index is 10.6. The number of aryl methyl sites for hydroxylation is 1. The Morgan fingerprint density at radius 1 is 1.24 bits per heavy atom. The van der Waals surface area contributed by atoms with Crippen LogP contribution in [-0.2, 0) is 4.79 Å². The lowest BCUT2D eigenvalue weighted by Gasteiger charge is -2.11. The summed E-state index contributed by atoms with van der Waals surface area (Å²) in [6.45, 7) is 1.91. The largest absolute Gasteiger partial charge is 0.478 e. The SMILES string of the molecule is Cc1ccc(/C=C/C(=O)O)cc1Oc1cc(Br)ccc1Cl. The molecule has 0 saturated carbocycles. The van der Waals surface area contributed by atoms with E-state index in [1.165, 1.54) is 6.08 Å². The minimum atomic E-state index is -0.993. The summed E-state index contributed by atoms with van der Waals surface area (Å²) in [5, 5.41) is 9.16. The zero-order chi connectivity index (χ0) is 15.4. The van der Waals surface area contributed by atoms with Crippen LogP contribution in [0.15, 0.2) is 46.9 Å². The molecule has 2 rings (SSSR count). The van der Waals surface area contributed by atoms with Gasteiger partial charge in [0.2, 0.25) is 0 Å². The van der Waals surface area contributed by atoms with Gasteiger partial charge in [-0.2, -0.15) is 0 Å². The molecule has 21 heavy (non-hydrogen) atoms. The predicted molar refractivity (Wildman–Crippen MR) is 87.1 cm³/mol. The van der Waals surface area contributed by atoms with E-state index in [0.717, 1.165) is 21.7 Å². The molecule has 0 unspecified atom stereocenters. The number of rotatable bonds is 4. The fraction of sp³-hybridized carbons (Fsp3) is 0.0625. The van der Waals surface area contributed by atoms with Crippen molar-refractivity contribution in [1.29, 1.82) is 0 Å². The van der Waals surface area contributed by atoms with Crippen LogP contribution in [0.3, 0.4) is 0 Å². The third kappa shape index (κ3) is 4.34. The van der Waals surface area contributed by atoms with Crippen LogP contribution in [0.4, 0.5) is 0 Å². The van der Waals surface area contributed by atoms with Crippen molar-refractivity contribution in [1.82, 2.24) is 0 Å². The number of aliphatic carboxylic acids is 1. The van der Waals surface area contributed by atoms with E-state index in [9.17, 15) is 4.79 Å². The number of carbonyl (C=O) groups is 1. The summed E-state index contributed by atoms with van der Waals surface area (Å²) in [5.74, 6) is 0.170. The number of carboxylic acid groups (broad SMARTS) is 1. The Morgan fingerprint density at radius 2 is 2.00 bits per heavy atom. The lowest BCUT2D eigenvalue weighted by Crippen LogP contribution is -1.90. The summed E-state index contributed by atoms with van der Waals surface area (Å²) in [5.41, 5.74) is 1.67. The van der Waals surface area contributed by atoms with Crippen molar-refractivity contribution in [2.75, 3.05) is 0 Å². The van der Waals surface area contributed by atoms with Crippen LogP contribution in [0.1, 0.15) is 11.1 Å². The topological polar surface area (TPSA) is 46.5 Å². The molecular weight excluding hydrogens is 356 g/mol. The van der Waals surface area contributed by atoms with Gasteiger partial charge in [0.05, 0.1) is 5.02 Å². The number of hydrogen-bond acceptors (Lipinski definition) is 2. The van der Waals surface area contributed by atoms with Gasteiger partial charge < -0.3 is 9.84 Å². The van der Waals surface area contributed by atoms with E-state index in [1.807, 2.05) is 25.1 Å². The highest BCUT2D eigenvalue weighted by Crippen LogP contribution is 2.33. The number of carboxylic acids is 1. The van der Waals surface area contributed by atoms with E-state index >= 15 is 0 Å². The normalized spacial score (nSPS) is 10.8. The molecule has 2 aromatic carbocycles. The fourth-order valence-electron chi connectivity index (χ4n) is 1.67. The highest BCUT2D eigenvalue weighted by Gasteiger charge is 2.07. The third-order valence-electron chi connectivity index (χ3n) is 2.74. The second kappa shape index (κ2) is 6.78. The first-order valence-corrected chi connectivity index (χ1v) is 7.27. The highest BCUT2D eigenvalue weighted by molar-refractivity contribution is 9.10. The minimum absolute atomic E-state index is 0.504. The number of ether oxygens (including phenoxy) is 1. The molecule has 0 fully saturated rings. The molecule has 2 aromatic rings. The Kier molecular flexibility index (Phi) is 5.04. The zero-order valence-corrected chi connectivity index (χ0v) is 13.5. The molecule has 0 saturated heterocycles. The number of hydrogen-bond donors (Lipinski definition) is 1. The molecule has 0 heterocycles. The van der Waals surface area contributed by atoms with Crippen molar-refractivity contribution in [3.63, 3.8) is 0 Å². The molecule has 0 aliphatic rings. The molecule has 0 atom stereocenters. The van der Waals surface area contributed by atoms with Crippen molar-refractivity contribution < 1.29 is 14.6 Å². The second-order valence-corrected chi connectivity index (χ2v) is 5.70. The Balaban J connectivity index is 2.33. The van der Waals surface area contributed by atoms with Crippen LogP contribution in [0.2, 0.25) is 5.02 Å². The molecule has 5 heteroatoms. The van der Waals surface area contributed by atoms with Crippen LogP contribution >= 0.6 is 27.5 Å². The fourth-order valence-corrected chi connectivity index (χ4v) is 2.17. The quantitative estimate of drug-likeness (QED) is 0.746.